The molecule has 36 heavy (non-hydrogen) atoms. The standard InChI is InChI=1S/C10H24O20P6/c1-9(2)5-7-24-32(13,14)29-36(21,22)30-34(17,18)26-10(3)6-8-25-33(15,16)28-35(19,20)27-31(11,12)23-4/h1,3,5-8H2,2,4H3,(H,11,12)(H,13,14)(H,15,16)(H,17,18)(H,19,20)(H,21,22). The van der Waals surface area contributed by atoms with Crippen molar-refractivity contribution in [3.05, 3.63) is 24.5 Å². The summed E-state index contributed by atoms with van der Waals surface area (Å²) in [6.45, 7) is 6.63. The van der Waals surface area contributed by atoms with Crippen LogP contribution in [0.2, 0.25) is 0 Å². The summed E-state index contributed by atoms with van der Waals surface area (Å²) >= 11 is 0. The van der Waals surface area contributed by atoms with Gasteiger partial charge in [0.25, 0.3) is 0 Å². The number of hydrogen-bond donors (Lipinski definition) is 6. The van der Waals surface area contributed by atoms with Crippen molar-refractivity contribution in [3.8, 4) is 0 Å². The Morgan fingerprint density at radius 3 is 1.36 bits per heavy atom. The molecule has 0 saturated carbocycles. The van der Waals surface area contributed by atoms with E-state index >= 15 is 0 Å². The van der Waals surface area contributed by atoms with E-state index in [0.717, 1.165) is 0 Å². The van der Waals surface area contributed by atoms with Gasteiger partial charge in [0.15, 0.2) is 0 Å². The minimum Gasteiger partial charge on any atom is -0.409 e. The first-order valence-electron chi connectivity index (χ1n) is 8.59. The lowest BCUT2D eigenvalue weighted by Crippen LogP contribution is -2.02. The smallest absolute Gasteiger partial charge is 0.409 e. The Labute approximate surface area is 204 Å². The molecule has 0 fully saturated rings. The van der Waals surface area contributed by atoms with Gasteiger partial charge in [-0.25, -0.2) is 27.4 Å². The van der Waals surface area contributed by atoms with E-state index < -0.39 is 72.3 Å². The van der Waals surface area contributed by atoms with E-state index in [1.165, 1.54) is 0 Å². The van der Waals surface area contributed by atoms with E-state index in [2.05, 4.69) is 48.5 Å². The summed E-state index contributed by atoms with van der Waals surface area (Å²) in [6.07, 6.45) is -0.702. The molecule has 0 aliphatic heterocycles. The highest BCUT2D eigenvalue weighted by Gasteiger charge is 2.44. The zero-order valence-electron chi connectivity index (χ0n) is 18.3. The highest BCUT2D eigenvalue weighted by Crippen LogP contribution is 2.69. The Bertz CT molecular complexity index is 1080. The van der Waals surface area contributed by atoms with Crippen molar-refractivity contribution >= 4 is 46.9 Å². The first-order valence-corrected chi connectivity index (χ1v) is 17.6. The number of phosphoric acid groups is 6. The van der Waals surface area contributed by atoms with E-state index in [-0.39, 0.29) is 6.42 Å². The molecule has 6 atom stereocenters. The highest BCUT2D eigenvalue weighted by atomic mass is 31.3. The van der Waals surface area contributed by atoms with Crippen molar-refractivity contribution < 1.29 is 92.1 Å². The molecule has 6 N–H and O–H groups in total. The third kappa shape index (κ3) is 17.6. The molecular weight excluding hydrogens is 626 g/mol. The molecule has 214 valence electrons. The molecule has 0 aliphatic rings. The Kier molecular flexibility index (Phi) is 14.0. The Hall–Kier alpha value is 0.140. The minimum atomic E-state index is -5.75. The van der Waals surface area contributed by atoms with Crippen molar-refractivity contribution in [2.24, 2.45) is 0 Å². The van der Waals surface area contributed by atoms with Crippen LogP contribution in [0.1, 0.15) is 19.8 Å². The third-order valence-corrected chi connectivity index (χ3v) is 11.3. The molecule has 0 aliphatic carbocycles. The summed E-state index contributed by atoms with van der Waals surface area (Å²) in [4.78, 5) is 55.8. The van der Waals surface area contributed by atoms with E-state index in [4.69, 9.17) is 4.89 Å². The lowest BCUT2D eigenvalue weighted by atomic mass is 10.3. The maximum atomic E-state index is 11.8. The molecule has 0 amide bonds. The Morgan fingerprint density at radius 2 is 0.972 bits per heavy atom. The van der Waals surface area contributed by atoms with Crippen molar-refractivity contribution in [3.63, 3.8) is 0 Å². The number of hydrogen-bond acceptors (Lipinski definition) is 14. The molecular formula is C10H24O20P6. The SMILES string of the molecule is C=C(C)CCOP(=O)(O)OP(=O)(O)OP(=O)(O)OC(=C)CCOP(=O)(O)OP(=O)(O)OP(=O)(O)OC. The van der Waals surface area contributed by atoms with Crippen molar-refractivity contribution in [1.82, 2.24) is 0 Å². The van der Waals surface area contributed by atoms with Crippen LogP contribution in [0.15, 0.2) is 24.5 Å². The predicted molar refractivity (Wildman–Crippen MR) is 116 cm³/mol. The highest BCUT2D eigenvalue weighted by molar-refractivity contribution is 7.67. The number of rotatable bonds is 19. The lowest BCUT2D eigenvalue weighted by molar-refractivity contribution is 0.162. The molecule has 0 aromatic heterocycles. The van der Waals surface area contributed by atoms with Gasteiger partial charge < -0.3 is 29.0 Å². The van der Waals surface area contributed by atoms with Gasteiger partial charge in [-0.15, -0.1) is 6.58 Å². The van der Waals surface area contributed by atoms with Gasteiger partial charge in [-0.2, -0.15) is 17.2 Å². The molecule has 0 radical (unpaired) electrons. The molecule has 0 aromatic carbocycles. The van der Waals surface area contributed by atoms with E-state index in [9.17, 15) is 51.9 Å². The van der Waals surface area contributed by atoms with Crippen LogP contribution in [0.4, 0.5) is 0 Å². The van der Waals surface area contributed by atoms with Gasteiger partial charge in [-0.1, -0.05) is 12.2 Å². The fourth-order valence-corrected chi connectivity index (χ4v) is 8.25. The van der Waals surface area contributed by atoms with Gasteiger partial charge in [0, 0.05) is 13.5 Å². The fourth-order valence-electron chi connectivity index (χ4n) is 1.47. The molecule has 0 bridgehead atoms. The van der Waals surface area contributed by atoms with Crippen molar-refractivity contribution in [1.29, 1.82) is 0 Å². The average Bonchev–Trinajstić information content (AvgIpc) is 2.55. The molecule has 6 unspecified atom stereocenters. The average molecular weight is 650 g/mol. The second-order valence-corrected chi connectivity index (χ2v) is 15.4. The molecule has 0 rings (SSSR count). The van der Waals surface area contributed by atoms with E-state index in [0.29, 0.717) is 12.7 Å². The Balaban J connectivity index is 4.83. The van der Waals surface area contributed by atoms with Gasteiger partial charge in [-0.05, 0) is 13.3 Å². The van der Waals surface area contributed by atoms with Crippen LogP contribution in [0.3, 0.4) is 0 Å². The third-order valence-electron chi connectivity index (χ3n) is 2.72. The van der Waals surface area contributed by atoms with Crippen LogP contribution in [0, 0.1) is 0 Å². The van der Waals surface area contributed by atoms with Crippen LogP contribution >= 0.6 is 46.9 Å². The van der Waals surface area contributed by atoms with Gasteiger partial charge >= 0.3 is 46.9 Å². The van der Waals surface area contributed by atoms with Gasteiger partial charge in [0.05, 0.1) is 13.2 Å². The maximum absolute atomic E-state index is 11.8. The summed E-state index contributed by atoms with van der Waals surface area (Å²) in [5.74, 6) is -0.812. The molecule has 0 aromatic rings. The van der Waals surface area contributed by atoms with Crippen LogP contribution in [0.25, 0.3) is 0 Å². The minimum absolute atomic E-state index is 0.0675. The summed E-state index contributed by atoms with van der Waals surface area (Å²) in [5.41, 5.74) is 0.527. The van der Waals surface area contributed by atoms with Crippen LogP contribution in [-0.4, -0.2) is 49.7 Å². The molecule has 20 nitrogen and oxygen atoms in total. The molecule has 0 saturated heterocycles. The Morgan fingerprint density at radius 1 is 0.611 bits per heavy atom. The van der Waals surface area contributed by atoms with Crippen LogP contribution < -0.4 is 0 Å². The summed E-state index contributed by atoms with van der Waals surface area (Å²) < 4.78 is 101. The second-order valence-electron chi connectivity index (χ2n) is 6.07. The van der Waals surface area contributed by atoms with Gasteiger partial charge in [-0.3, -0.25) is 18.5 Å². The van der Waals surface area contributed by atoms with Gasteiger partial charge in [0.2, 0.25) is 0 Å². The predicted octanol–water partition coefficient (Wildman–Crippen LogP) is 3.22. The van der Waals surface area contributed by atoms with E-state index in [1.807, 2.05) is 0 Å². The van der Waals surface area contributed by atoms with E-state index in [1.54, 1.807) is 6.92 Å². The summed E-state index contributed by atoms with van der Waals surface area (Å²) in [5, 5.41) is 0. The largest absolute Gasteiger partial charge is 0.536 e. The van der Waals surface area contributed by atoms with Gasteiger partial charge in [0.1, 0.15) is 5.76 Å². The summed E-state index contributed by atoms with van der Waals surface area (Å²) in [6, 6.07) is 0. The van der Waals surface area contributed by atoms with Crippen LogP contribution in [0.5, 0.6) is 0 Å². The topological polar surface area (TPSA) is 298 Å². The first-order chi connectivity index (χ1) is 15.9. The van der Waals surface area contributed by atoms with Crippen LogP contribution in [-0.2, 0) is 62.7 Å². The zero-order chi connectivity index (χ0) is 28.6. The first kappa shape index (κ1) is 36.1. The monoisotopic (exact) mass is 650 g/mol. The van der Waals surface area contributed by atoms with Crippen molar-refractivity contribution in [2.45, 2.75) is 19.8 Å². The second kappa shape index (κ2) is 14.0. The van der Waals surface area contributed by atoms with Crippen molar-refractivity contribution in [2.75, 3.05) is 20.3 Å². The number of phosphoric ester groups is 4. The zero-order valence-corrected chi connectivity index (χ0v) is 23.7. The molecule has 0 heterocycles. The quantitative estimate of drug-likeness (QED) is 0.0664. The molecule has 26 heteroatoms. The summed E-state index contributed by atoms with van der Waals surface area (Å²) in [7, 11) is -32.2. The lowest BCUT2D eigenvalue weighted by Gasteiger charge is -2.19. The normalized spacial score (nSPS) is 22.0. The fraction of sp³-hybridized carbons (Fsp3) is 0.600. The maximum Gasteiger partial charge on any atom is 0.536 e. The molecule has 0 spiro atoms.